The molecule has 0 spiro atoms. The summed E-state index contributed by atoms with van der Waals surface area (Å²) in [6, 6.07) is 12.0. The quantitative estimate of drug-likeness (QED) is 0.564. The van der Waals surface area contributed by atoms with Crippen molar-refractivity contribution in [2.75, 3.05) is 7.05 Å². The number of nitrogens with two attached hydrogens (primary N) is 1. The SMILES string of the molecule is CC1(C)CC2CC(C)(C(=S)NC3CCCCC3)CC(c3ccccc3)(C2)C1.CN. The Morgan fingerprint density at radius 1 is 0.931 bits per heavy atom. The molecule has 2 bridgehead atoms. The predicted molar refractivity (Wildman–Crippen MR) is 129 cm³/mol. The van der Waals surface area contributed by atoms with Crippen LogP contribution >= 0.6 is 12.2 Å². The summed E-state index contributed by atoms with van der Waals surface area (Å²) in [6.07, 6.45) is 13.2. The van der Waals surface area contributed by atoms with Crippen LogP contribution in [0.2, 0.25) is 0 Å². The van der Waals surface area contributed by atoms with Gasteiger partial charge in [-0.3, -0.25) is 0 Å². The molecule has 3 aliphatic rings. The maximum atomic E-state index is 6.09. The van der Waals surface area contributed by atoms with Gasteiger partial charge in [0.15, 0.2) is 0 Å². The van der Waals surface area contributed by atoms with Crippen molar-refractivity contribution in [2.45, 2.75) is 96.4 Å². The third kappa shape index (κ3) is 5.05. The fraction of sp³-hybridized carbons (Fsp3) is 0.731. The van der Waals surface area contributed by atoms with Crippen molar-refractivity contribution in [2.24, 2.45) is 22.5 Å². The number of hydrogen-bond acceptors (Lipinski definition) is 2. The van der Waals surface area contributed by atoms with Crippen LogP contribution in [-0.2, 0) is 5.41 Å². The number of benzene rings is 1. The molecule has 4 rings (SSSR count). The first-order valence-corrected chi connectivity index (χ1v) is 12.2. The van der Waals surface area contributed by atoms with E-state index in [4.69, 9.17) is 12.2 Å². The van der Waals surface area contributed by atoms with Crippen molar-refractivity contribution < 1.29 is 0 Å². The van der Waals surface area contributed by atoms with Crippen molar-refractivity contribution in [3.8, 4) is 0 Å². The molecule has 1 aromatic rings. The lowest BCUT2D eigenvalue weighted by Gasteiger charge is -2.58. The normalized spacial score (nSPS) is 33.9. The molecule has 162 valence electrons. The molecule has 1 aromatic carbocycles. The summed E-state index contributed by atoms with van der Waals surface area (Å²) >= 11 is 6.09. The molecule has 3 atom stereocenters. The summed E-state index contributed by atoms with van der Waals surface area (Å²) in [5.41, 5.74) is 6.91. The molecule has 0 aromatic heterocycles. The monoisotopic (exact) mass is 414 g/mol. The molecule has 0 radical (unpaired) electrons. The highest BCUT2D eigenvalue weighted by atomic mass is 32.1. The lowest BCUT2D eigenvalue weighted by molar-refractivity contribution is 0.0125. The molecule has 0 heterocycles. The Morgan fingerprint density at radius 3 is 2.24 bits per heavy atom. The smallest absolute Gasteiger partial charge is 0.0815 e. The van der Waals surface area contributed by atoms with Gasteiger partial charge in [-0.1, -0.05) is 82.6 Å². The van der Waals surface area contributed by atoms with Crippen molar-refractivity contribution in [3.05, 3.63) is 35.9 Å². The van der Waals surface area contributed by atoms with Crippen LogP contribution in [0.1, 0.15) is 90.5 Å². The van der Waals surface area contributed by atoms with Gasteiger partial charge in [0.05, 0.1) is 4.99 Å². The lowest BCUT2D eigenvalue weighted by Crippen LogP contribution is -2.54. The van der Waals surface area contributed by atoms with Crippen LogP contribution in [0.4, 0.5) is 0 Å². The standard InChI is InChI=1S/C25H37NS.CH5N/c1-23(2)14-19-15-24(3,22(27)26-21-12-8-5-9-13-21)18-25(16-19,17-23)20-10-6-4-7-11-20;1-2/h4,6-7,10-11,19,21H,5,8-9,12-18H2,1-3H3,(H,26,27);2H2,1H3. The van der Waals surface area contributed by atoms with Crippen LogP contribution in [0.5, 0.6) is 0 Å². The first-order chi connectivity index (χ1) is 13.8. The second kappa shape index (κ2) is 9.06. The Kier molecular flexibility index (Phi) is 7.10. The van der Waals surface area contributed by atoms with E-state index in [0.29, 0.717) is 16.9 Å². The zero-order chi connectivity index (χ0) is 21.1. The van der Waals surface area contributed by atoms with Gasteiger partial charge in [0.25, 0.3) is 0 Å². The highest BCUT2D eigenvalue weighted by Crippen LogP contribution is 2.61. The van der Waals surface area contributed by atoms with Crippen LogP contribution < -0.4 is 11.1 Å². The molecular formula is C26H42N2S. The van der Waals surface area contributed by atoms with Crippen LogP contribution in [0.15, 0.2) is 30.3 Å². The molecule has 3 fully saturated rings. The van der Waals surface area contributed by atoms with E-state index in [2.05, 4.69) is 62.2 Å². The number of hydrogen-bond donors (Lipinski definition) is 2. The third-order valence-electron chi connectivity index (χ3n) is 7.68. The Bertz CT molecular complexity index is 679. The van der Waals surface area contributed by atoms with Gasteiger partial charge >= 0.3 is 0 Å². The van der Waals surface area contributed by atoms with Crippen molar-refractivity contribution in [3.63, 3.8) is 0 Å². The first kappa shape index (κ1) is 22.7. The number of nitrogens with one attached hydrogen (secondary N) is 1. The van der Waals surface area contributed by atoms with E-state index in [1.54, 1.807) is 5.56 Å². The fourth-order valence-electron chi connectivity index (χ4n) is 7.10. The Labute approximate surface area is 184 Å². The van der Waals surface area contributed by atoms with Gasteiger partial charge in [0.1, 0.15) is 0 Å². The molecule has 0 aliphatic heterocycles. The number of thiocarbonyl (C=S) groups is 1. The summed E-state index contributed by atoms with van der Waals surface area (Å²) in [7, 11) is 1.50. The first-order valence-electron chi connectivity index (χ1n) is 11.7. The Hall–Kier alpha value is -0.930. The summed E-state index contributed by atoms with van der Waals surface area (Å²) in [6.45, 7) is 7.43. The van der Waals surface area contributed by atoms with Crippen molar-refractivity contribution in [1.29, 1.82) is 0 Å². The third-order valence-corrected chi connectivity index (χ3v) is 8.29. The average molecular weight is 415 g/mol. The molecule has 29 heavy (non-hydrogen) atoms. The van der Waals surface area contributed by atoms with E-state index in [1.165, 1.54) is 76.2 Å². The molecule has 2 nitrogen and oxygen atoms in total. The van der Waals surface area contributed by atoms with Gasteiger partial charge in [0, 0.05) is 11.5 Å². The van der Waals surface area contributed by atoms with E-state index < -0.39 is 0 Å². The molecule has 3 saturated carbocycles. The van der Waals surface area contributed by atoms with Gasteiger partial charge in [-0.2, -0.15) is 0 Å². The lowest BCUT2D eigenvalue weighted by atomic mass is 9.47. The van der Waals surface area contributed by atoms with Gasteiger partial charge in [0.2, 0.25) is 0 Å². The summed E-state index contributed by atoms with van der Waals surface area (Å²) < 4.78 is 0. The van der Waals surface area contributed by atoms with E-state index in [-0.39, 0.29) is 5.41 Å². The molecule has 0 amide bonds. The van der Waals surface area contributed by atoms with Crippen LogP contribution in [0.3, 0.4) is 0 Å². The highest BCUT2D eigenvalue weighted by molar-refractivity contribution is 7.80. The van der Waals surface area contributed by atoms with E-state index in [9.17, 15) is 0 Å². The van der Waals surface area contributed by atoms with E-state index in [0.717, 1.165) is 5.92 Å². The van der Waals surface area contributed by atoms with Gasteiger partial charge in [-0.05, 0) is 74.3 Å². The minimum absolute atomic E-state index is 0.141. The number of fused-ring (bicyclic) bond motifs is 2. The van der Waals surface area contributed by atoms with Gasteiger partial charge in [-0.15, -0.1) is 0 Å². The van der Waals surface area contributed by atoms with Crippen LogP contribution in [-0.4, -0.2) is 18.1 Å². The zero-order valence-electron chi connectivity index (χ0n) is 19.1. The van der Waals surface area contributed by atoms with Crippen LogP contribution in [0.25, 0.3) is 0 Å². The zero-order valence-corrected chi connectivity index (χ0v) is 19.9. The summed E-state index contributed by atoms with van der Waals surface area (Å²) in [5, 5.41) is 3.84. The van der Waals surface area contributed by atoms with Crippen molar-refractivity contribution in [1.82, 2.24) is 5.32 Å². The second-order valence-electron chi connectivity index (χ2n) is 11.0. The van der Waals surface area contributed by atoms with Crippen molar-refractivity contribution >= 4 is 17.2 Å². The highest BCUT2D eigenvalue weighted by Gasteiger charge is 2.54. The average Bonchev–Trinajstić information content (AvgIpc) is 2.69. The molecule has 0 saturated heterocycles. The number of rotatable bonds is 3. The summed E-state index contributed by atoms with van der Waals surface area (Å²) in [5.74, 6) is 0.791. The maximum absolute atomic E-state index is 6.09. The molecule has 3 N–H and O–H groups in total. The minimum Gasteiger partial charge on any atom is -0.376 e. The fourth-order valence-corrected chi connectivity index (χ4v) is 7.42. The van der Waals surface area contributed by atoms with Crippen LogP contribution in [0, 0.1) is 16.7 Å². The van der Waals surface area contributed by atoms with Gasteiger partial charge < -0.3 is 11.1 Å². The largest absolute Gasteiger partial charge is 0.376 e. The Balaban J connectivity index is 0.00000117. The maximum Gasteiger partial charge on any atom is 0.0815 e. The predicted octanol–water partition coefficient (Wildman–Crippen LogP) is 6.38. The summed E-state index contributed by atoms with van der Waals surface area (Å²) in [4.78, 5) is 1.17. The van der Waals surface area contributed by atoms with Gasteiger partial charge in [-0.25, -0.2) is 0 Å². The molecular weight excluding hydrogens is 372 g/mol. The minimum atomic E-state index is 0.141. The Morgan fingerprint density at radius 2 is 1.59 bits per heavy atom. The molecule has 3 unspecified atom stereocenters. The van der Waals surface area contributed by atoms with E-state index >= 15 is 0 Å². The molecule has 3 aliphatic carbocycles. The van der Waals surface area contributed by atoms with E-state index in [1.807, 2.05) is 0 Å². The topological polar surface area (TPSA) is 38.0 Å². The second-order valence-corrected chi connectivity index (χ2v) is 11.4. The molecule has 3 heteroatoms.